The highest BCUT2D eigenvalue weighted by Gasteiger charge is 2.25. The first-order chi connectivity index (χ1) is 13.0. The number of ether oxygens (including phenoxy) is 1. The lowest BCUT2D eigenvalue weighted by Crippen LogP contribution is -2.14. The monoisotopic (exact) mass is 384 g/mol. The smallest absolute Gasteiger partial charge is 0.289 e. The molecule has 0 unspecified atom stereocenters. The number of hydrogen-bond acceptors (Lipinski definition) is 5. The van der Waals surface area contributed by atoms with E-state index in [-0.39, 0.29) is 5.69 Å². The fraction of sp³-hybridized carbons (Fsp3) is 0.0526. The van der Waals surface area contributed by atoms with Crippen LogP contribution in [0.2, 0.25) is 0 Å². The Morgan fingerprint density at radius 3 is 2.37 bits per heavy atom. The summed E-state index contributed by atoms with van der Waals surface area (Å²) in [7, 11) is -4.12. The molecule has 0 amide bonds. The normalized spacial score (nSPS) is 11.0. The molecule has 0 atom stereocenters. The number of sulfonamides is 1. The van der Waals surface area contributed by atoms with Gasteiger partial charge in [-0.25, -0.2) is 8.42 Å². The Morgan fingerprint density at radius 1 is 0.926 bits per heavy atom. The largest absolute Gasteiger partial charge is 0.489 e. The molecule has 3 rings (SSSR count). The van der Waals surface area contributed by atoms with E-state index in [2.05, 4.69) is 4.72 Å². The number of nitro benzene ring substituents is 1. The average Bonchev–Trinajstić information content (AvgIpc) is 2.67. The molecule has 8 heteroatoms. The Bertz CT molecular complexity index is 1050. The molecule has 0 radical (unpaired) electrons. The third-order valence-corrected chi connectivity index (χ3v) is 5.11. The maximum Gasteiger partial charge on any atom is 0.289 e. The van der Waals surface area contributed by atoms with Gasteiger partial charge in [0.15, 0.2) is 4.90 Å². The molecule has 0 spiro atoms. The zero-order valence-corrected chi connectivity index (χ0v) is 14.9. The summed E-state index contributed by atoms with van der Waals surface area (Å²) in [6.45, 7) is 0.335. The van der Waals surface area contributed by atoms with Gasteiger partial charge in [-0.1, -0.05) is 48.5 Å². The van der Waals surface area contributed by atoms with E-state index < -0.39 is 25.5 Å². The van der Waals surface area contributed by atoms with Crippen molar-refractivity contribution in [1.82, 2.24) is 0 Å². The zero-order valence-electron chi connectivity index (χ0n) is 14.1. The minimum absolute atomic E-state index is 0.249. The molecule has 0 saturated heterocycles. The molecule has 0 aliphatic carbocycles. The van der Waals surface area contributed by atoms with Crippen LogP contribution in [-0.2, 0) is 16.6 Å². The van der Waals surface area contributed by atoms with E-state index in [0.29, 0.717) is 12.4 Å². The second-order valence-corrected chi connectivity index (χ2v) is 7.28. The molecule has 1 N–H and O–H groups in total. The lowest BCUT2D eigenvalue weighted by atomic mass is 10.2. The van der Waals surface area contributed by atoms with Crippen molar-refractivity contribution in [3.8, 4) is 5.75 Å². The second-order valence-electron chi connectivity index (χ2n) is 5.63. The Balaban J connectivity index is 1.79. The number of rotatable bonds is 7. The van der Waals surface area contributed by atoms with Gasteiger partial charge in [-0.2, -0.15) is 0 Å². The van der Waals surface area contributed by atoms with Crippen molar-refractivity contribution >= 4 is 21.4 Å². The summed E-state index contributed by atoms with van der Waals surface area (Å²) >= 11 is 0. The number of nitrogens with zero attached hydrogens (tertiary/aromatic N) is 1. The molecule has 138 valence electrons. The van der Waals surface area contributed by atoms with Gasteiger partial charge in [0.25, 0.3) is 15.7 Å². The lowest BCUT2D eigenvalue weighted by molar-refractivity contribution is -0.387. The molecule has 0 aliphatic heterocycles. The summed E-state index contributed by atoms with van der Waals surface area (Å²) < 4.78 is 33.2. The van der Waals surface area contributed by atoms with Crippen molar-refractivity contribution in [3.63, 3.8) is 0 Å². The molecular formula is C19H16N2O5S. The van der Waals surface area contributed by atoms with Gasteiger partial charge in [-0.05, 0) is 23.8 Å². The SMILES string of the molecule is O=[N+]([O-])c1ccccc1S(=O)(=O)Nc1cccc(OCc2ccccc2)c1. The molecule has 0 fully saturated rings. The van der Waals surface area contributed by atoms with Crippen LogP contribution in [0.15, 0.2) is 83.8 Å². The first-order valence-electron chi connectivity index (χ1n) is 7.99. The fourth-order valence-corrected chi connectivity index (χ4v) is 3.66. The highest BCUT2D eigenvalue weighted by Crippen LogP contribution is 2.26. The Labute approximate surface area is 156 Å². The fourth-order valence-electron chi connectivity index (χ4n) is 2.44. The maximum absolute atomic E-state index is 12.6. The minimum Gasteiger partial charge on any atom is -0.489 e. The van der Waals surface area contributed by atoms with E-state index in [1.165, 1.54) is 24.3 Å². The quantitative estimate of drug-likeness (QED) is 0.491. The second kappa shape index (κ2) is 7.88. The van der Waals surface area contributed by atoms with E-state index >= 15 is 0 Å². The van der Waals surface area contributed by atoms with Crippen LogP contribution in [0.3, 0.4) is 0 Å². The predicted octanol–water partition coefficient (Wildman–Crippen LogP) is 3.97. The van der Waals surface area contributed by atoms with Crippen LogP contribution in [0.1, 0.15) is 5.56 Å². The summed E-state index contributed by atoms with van der Waals surface area (Å²) in [4.78, 5) is 9.96. The van der Waals surface area contributed by atoms with Crippen LogP contribution in [0, 0.1) is 10.1 Å². The summed E-state index contributed by atoms with van der Waals surface area (Å²) in [6.07, 6.45) is 0. The topological polar surface area (TPSA) is 98.5 Å². The molecular weight excluding hydrogens is 368 g/mol. The average molecular weight is 384 g/mol. The molecule has 0 bridgehead atoms. The maximum atomic E-state index is 12.6. The molecule has 27 heavy (non-hydrogen) atoms. The van der Waals surface area contributed by atoms with E-state index in [1.807, 2.05) is 30.3 Å². The minimum atomic E-state index is -4.12. The van der Waals surface area contributed by atoms with Crippen LogP contribution >= 0.6 is 0 Å². The van der Waals surface area contributed by atoms with Crippen molar-refractivity contribution in [2.75, 3.05) is 4.72 Å². The molecule has 3 aromatic carbocycles. The van der Waals surface area contributed by atoms with Gasteiger partial charge in [-0.15, -0.1) is 0 Å². The van der Waals surface area contributed by atoms with Crippen LogP contribution < -0.4 is 9.46 Å². The number of para-hydroxylation sites is 1. The van der Waals surface area contributed by atoms with Crippen molar-refractivity contribution in [2.24, 2.45) is 0 Å². The van der Waals surface area contributed by atoms with Crippen LogP contribution in [0.5, 0.6) is 5.75 Å². The van der Waals surface area contributed by atoms with Crippen LogP contribution in [0.4, 0.5) is 11.4 Å². The van der Waals surface area contributed by atoms with Gasteiger partial charge in [0, 0.05) is 12.1 Å². The molecule has 7 nitrogen and oxygen atoms in total. The number of nitro groups is 1. The number of nitrogens with one attached hydrogen (secondary N) is 1. The van der Waals surface area contributed by atoms with Crippen molar-refractivity contribution in [1.29, 1.82) is 0 Å². The van der Waals surface area contributed by atoms with Crippen LogP contribution in [-0.4, -0.2) is 13.3 Å². The van der Waals surface area contributed by atoms with Crippen molar-refractivity contribution in [2.45, 2.75) is 11.5 Å². The Kier molecular flexibility index (Phi) is 5.37. The Hall–Kier alpha value is -3.39. The van der Waals surface area contributed by atoms with Crippen molar-refractivity contribution < 1.29 is 18.1 Å². The van der Waals surface area contributed by atoms with Gasteiger partial charge in [-0.3, -0.25) is 14.8 Å². The third-order valence-electron chi connectivity index (χ3n) is 3.69. The number of benzene rings is 3. The van der Waals surface area contributed by atoms with E-state index in [0.717, 1.165) is 11.6 Å². The molecule has 0 saturated carbocycles. The third kappa shape index (κ3) is 4.62. The van der Waals surface area contributed by atoms with E-state index in [9.17, 15) is 18.5 Å². The molecule has 0 aromatic heterocycles. The standard InChI is InChI=1S/C19H16N2O5S/c22-21(23)18-11-4-5-12-19(18)27(24,25)20-16-9-6-10-17(13-16)26-14-15-7-2-1-3-8-15/h1-13,20H,14H2. The summed E-state index contributed by atoms with van der Waals surface area (Å²) in [5.41, 5.74) is 0.739. The lowest BCUT2D eigenvalue weighted by Gasteiger charge is -2.11. The van der Waals surface area contributed by atoms with Gasteiger partial charge >= 0.3 is 0 Å². The van der Waals surface area contributed by atoms with Crippen LogP contribution in [0.25, 0.3) is 0 Å². The molecule has 3 aromatic rings. The molecule has 0 aliphatic rings. The zero-order chi connectivity index (χ0) is 19.3. The van der Waals surface area contributed by atoms with E-state index in [1.54, 1.807) is 18.2 Å². The number of anilines is 1. The van der Waals surface area contributed by atoms with Gasteiger partial charge < -0.3 is 4.74 Å². The summed E-state index contributed by atoms with van der Waals surface area (Å²) in [5, 5.41) is 11.1. The van der Waals surface area contributed by atoms with Gasteiger partial charge in [0.2, 0.25) is 0 Å². The highest BCUT2D eigenvalue weighted by molar-refractivity contribution is 7.92. The first kappa shape index (κ1) is 18.4. The highest BCUT2D eigenvalue weighted by atomic mass is 32.2. The van der Waals surface area contributed by atoms with Crippen molar-refractivity contribution in [3.05, 3.63) is 94.5 Å². The first-order valence-corrected chi connectivity index (χ1v) is 9.47. The Morgan fingerprint density at radius 2 is 1.63 bits per heavy atom. The summed E-state index contributed by atoms with van der Waals surface area (Å²) in [5.74, 6) is 0.474. The summed E-state index contributed by atoms with van der Waals surface area (Å²) in [6, 6.07) is 21.1. The van der Waals surface area contributed by atoms with Gasteiger partial charge in [0.1, 0.15) is 12.4 Å². The number of hydrogen-bond donors (Lipinski definition) is 1. The molecule has 0 heterocycles. The van der Waals surface area contributed by atoms with Gasteiger partial charge in [0.05, 0.1) is 10.6 Å². The van der Waals surface area contributed by atoms with E-state index in [4.69, 9.17) is 4.74 Å². The predicted molar refractivity (Wildman–Crippen MR) is 101 cm³/mol.